The number of fused-ring (bicyclic) bond motifs is 1. The van der Waals surface area contributed by atoms with E-state index in [4.69, 9.17) is 5.73 Å². The largest absolute Gasteiger partial charge is 0.369 e. The first-order valence-corrected chi connectivity index (χ1v) is 6.71. The van der Waals surface area contributed by atoms with E-state index in [1.165, 1.54) is 0 Å². The SMILES string of the molecule is Cc1ccccc1Nc1nc2ccc(CC(N)=O)cc2[nH]1. The molecule has 0 atom stereocenters. The zero-order valence-electron chi connectivity index (χ0n) is 11.7. The van der Waals surface area contributed by atoms with Gasteiger partial charge in [-0.1, -0.05) is 24.3 Å². The Bertz CT molecular complexity index is 807. The lowest BCUT2D eigenvalue weighted by Crippen LogP contribution is -2.13. The van der Waals surface area contributed by atoms with E-state index in [9.17, 15) is 4.79 Å². The van der Waals surface area contributed by atoms with Gasteiger partial charge in [0, 0.05) is 5.69 Å². The zero-order valence-corrected chi connectivity index (χ0v) is 11.7. The summed E-state index contributed by atoms with van der Waals surface area (Å²) in [4.78, 5) is 18.7. The molecule has 0 fully saturated rings. The standard InChI is InChI=1S/C16H16N4O/c1-10-4-2-3-5-12(10)18-16-19-13-7-6-11(9-15(17)21)8-14(13)20-16/h2-8H,9H2,1H3,(H2,17,21)(H2,18,19,20). The van der Waals surface area contributed by atoms with E-state index >= 15 is 0 Å². The van der Waals surface area contributed by atoms with Crippen molar-refractivity contribution in [3.63, 3.8) is 0 Å². The molecule has 0 unspecified atom stereocenters. The predicted molar refractivity (Wildman–Crippen MR) is 83.5 cm³/mol. The Labute approximate surface area is 122 Å². The second kappa shape index (κ2) is 5.28. The molecule has 1 heterocycles. The molecule has 21 heavy (non-hydrogen) atoms. The lowest BCUT2D eigenvalue weighted by atomic mass is 10.1. The maximum absolute atomic E-state index is 11.0. The number of aromatic amines is 1. The summed E-state index contributed by atoms with van der Waals surface area (Å²) >= 11 is 0. The van der Waals surface area contributed by atoms with Gasteiger partial charge in [-0.15, -0.1) is 0 Å². The third kappa shape index (κ3) is 2.86. The number of H-pyrrole nitrogens is 1. The fraction of sp³-hybridized carbons (Fsp3) is 0.125. The number of hydrogen-bond donors (Lipinski definition) is 3. The van der Waals surface area contributed by atoms with Crippen LogP contribution in [0.2, 0.25) is 0 Å². The zero-order chi connectivity index (χ0) is 14.8. The Morgan fingerprint density at radius 2 is 2.10 bits per heavy atom. The minimum absolute atomic E-state index is 0.232. The molecule has 4 N–H and O–H groups in total. The van der Waals surface area contributed by atoms with Gasteiger partial charge in [-0.25, -0.2) is 4.98 Å². The number of aromatic nitrogens is 2. The van der Waals surface area contributed by atoms with Crippen molar-refractivity contribution in [3.8, 4) is 0 Å². The number of carbonyl (C=O) groups excluding carboxylic acids is 1. The van der Waals surface area contributed by atoms with E-state index in [2.05, 4.69) is 15.3 Å². The van der Waals surface area contributed by atoms with Crippen LogP contribution in [-0.2, 0) is 11.2 Å². The van der Waals surface area contributed by atoms with E-state index in [0.29, 0.717) is 5.95 Å². The summed E-state index contributed by atoms with van der Waals surface area (Å²) in [6, 6.07) is 13.7. The molecule has 0 radical (unpaired) electrons. The van der Waals surface area contributed by atoms with Crippen LogP contribution in [0.5, 0.6) is 0 Å². The first-order chi connectivity index (χ1) is 10.1. The first kappa shape index (κ1) is 13.2. The van der Waals surface area contributed by atoms with Crippen molar-refractivity contribution in [2.75, 3.05) is 5.32 Å². The number of rotatable bonds is 4. The Kier molecular flexibility index (Phi) is 3.31. The number of para-hydroxylation sites is 1. The lowest BCUT2D eigenvalue weighted by molar-refractivity contribution is -0.117. The van der Waals surface area contributed by atoms with Crippen LogP contribution in [-0.4, -0.2) is 15.9 Å². The van der Waals surface area contributed by atoms with Gasteiger partial charge in [0.1, 0.15) is 0 Å². The average Bonchev–Trinajstić information content (AvgIpc) is 2.82. The molecular weight excluding hydrogens is 264 g/mol. The van der Waals surface area contributed by atoms with Crippen molar-refractivity contribution < 1.29 is 4.79 Å². The minimum Gasteiger partial charge on any atom is -0.369 e. The van der Waals surface area contributed by atoms with Crippen LogP contribution in [0.15, 0.2) is 42.5 Å². The smallest absolute Gasteiger partial charge is 0.221 e. The Balaban J connectivity index is 1.90. The second-order valence-electron chi connectivity index (χ2n) is 5.02. The number of amides is 1. The number of anilines is 2. The molecule has 3 rings (SSSR count). The average molecular weight is 280 g/mol. The number of nitrogens with two attached hydrogens (primary N) is 1. The van der Waals surface area contributed by atoms with E-state index in [1.807, 2.05) is 49.4 Å². The van der Waals surface area contributed by atoms with Crippen molar-refractivity contribution in [3.05, 3.63) is 53.6 Å². The summed E-state index contributed by atoms with van der Waals surface area (Å²) in [5, 5.41) is 3.26. The molecule has 5 heteroatoms. The molecule has 1 amide bonds. The molecule has 106 valence electrons. The molecule has 2 aromatic carbocycles. The fourth-order valence-corrected chi connectivity index (χ4v) is 2.27. The van der Waals surface area contributed by atoms with Crippen molar-refractivity contribution in [2.24, 2.45) is 5.73 Å². The van der Waals surface area contributed by atoms with Crippen molar-refractivity contribution in [1.82, 2.24) is 9.97 Å². The third-order valence-electron chi connectivity index (χ3n) is 3.32. The molecule has 0 aliphatic carbocycles. The number of benzene rings is 2. The van der Waals surface area contributed by atoms with Gasteiger partial charge >= 0.3 is 0 Å². The number of hydrogen-bond acceptors (Lipinski definition) is 3. The maximum Gasteiger partial charge on any atom is 0.221 e. The summed E-state index contributed by atoms with van der Waals surface area (Å²) in [6.45, 7) is 2.04. The van der Waals surface area contributed by atoms with Gasteiger partial charge in [0.2, 0.25) is 11.9 Å². The summed E-state index contributed by atoms with van der Waals surface area (Å²) in [5.41, 5.74) is 9.97. The second-order valence-corrected chi connectivity index (χ2v) is 5.02. The molecule has 3 aromatic rings. The number of nitrogens with one attached hydrogen (secondary N) is 2. The number of nitrogens with zero attached hydrogens (tertiary/aromatic N) is 1. The van der Waals surface area contributed by atoms with Gasteiger partial charge in [-0.05, 0) is 36.2 Å². The molecule has 0 saturated carbocycles. The Morgan fingerprint density at radius 1 is 1.29 bits per heavy atom. The van der Waals surface area contributed by atoms with Crippen LogP contribution in [0.4, 0.5) is 11.6 Å². The topological polar surface area (TPSA) is 83.8 Å². The van der Waals surface area contributed by atoms with Gasteiger partial charge < -0.3 is 16.0 Å². The van der Waals surface area contributed by atoms with Crippen LogP contribution in [0.3, 0.4) is 0 Å². The summed E-state index contributed by atoms with van der Waals surface area (Å²) in [5.74, 6) is 0.336. The molecule has 5 nitrogen and oxygen atoms in total. The number of primary amides is 1. The van der Waals surface area contributed by atoms with Gasteiger partial charge in [-0.2, -0.15) is 0 Å². The van der Waals surface area contributed by atoms with Crippen LogP contribution in [0, 0.1) is 6.92 Å². The predicted octanol–water partition coefficient (Wildman–Crippen LogP) is 2.64. The van der Waals surface area contributed by atoms with E-state index in [1.54, 1.807) is 0 Å². The van der Waals surface area contributed by atoms with Gasteiger partial charge in [-0.3, -0.25) is 4.79 Å². The minimum atomic E-state index is -0.341. The van der Waals surface area contributed by atoms with Crippen molar-refractivity contribution in [2.45, 2.75) is 13.3 Å². The highest BCUT2D eigenvalue weighted by atomic mass is 16.1. The van der Waals surface area contributed by atoms with Crippen LogP contribution in [0.25, 0.3) is 11.0 Å². The molecular formula is C16H16N4O. The Hall–Kier alpha value is -2.82. The molecule has 0 bridgehead atoms. The van der Waals surface area contributed by atoms with Crippen molar-refractivity contribution >= 4 is 28.6 Å². The highest BCUT2D eigenvalue weighted by molar-refractivity contribution is 5.82. The van der Waals surface area contributed by atoms with E-state index in [-0.39, 0.29) is 12.3 Å². The highest BCUT2D eigenvalue weighted by Crippen LogP contribution is 2.21. The van der Waals surface area contributed by atoms with Crippen LogP contribution in [0.1, 0.15) is 11.1 Å². The highest BCUT2D eigenvalue weighted by Gasteiger charge is 2.06. The quantitative estimate of drug-likeness (QED) is 0.687. The molecule has 0 aliphatic heterocycles. The van der Waals surface area contributed by atoms with Crippen LogP contribution < -0.4 is 11.1 Å². The summed E-state index contributed by atoms with van der Waals surface area (Å²) in [6.07, 6.45) is 0.232. The molecule has 0 saturated heterocycles. The number of carbonyl (C=O) groups is 1. The van der Waals surface area contributed by atoms with Gasteiger partial charge in [0.25, 0.3) is 0 Å². The van der Waals surface area contributed by atoms with Crippen molar-refractivity contribution in [1.29, 1.82) is 0 Å². The summed E-state index contributed by atoms with van der Waals surface area (Å²) < 4.78 is 0. The third-order valence-corrected chi connectivity index (χ3v) is 3.32. The fourth-order valence-electron chi connectivity index (χ4n) is 2.27. The molecule has 0 aliphatic rings. The molecule has 0 spiro atoms. The normalized spacial score (nSPS) is 10.7. The number of imidazole rings is 1. The first-order valence-electron chi connectivity index (χ1n) is 6.71. The monoisotopic (exact) mass is 280 g/mol. The number of aryl methyl sites for hydroxylation is 1. The maximum atomic E-state index is 11.0. The van der Waals surface area contributed by atoms with Crippen LogP contribution >= 0.6 is 0 Å². The Morgan fingerprint density at radius 3 is 2.86 bits per heavy atom. The van der Waals surface area contributed by atoms with Gasteiger partial charge in [0.05, 0.1) is 17.5 Å². The van der Waals surface area contributed by atoms with Gasteiger partial charge in [0.15, 0.2) is 0 Å². The van der Waals surface area contributed by atoms with E-state index < -0.39 is 0 Å². The lowest BCUT2D eigenvalue weighted by Gasteiger charge is -2.05. The molecule has 1 aromatic heterocycles. The summed E-state index contributed by atoms with van der Waals surface area (Å²) in [7, 11) is 0. The van der Waals surface area contributed by atoms with E-state index in [0.717, 1.165) is 27.8 Å².